The largest absolute Gasteiger partial charge is 0.350 e. The molecule has 0 saturated carbocycles. The maximum atomic E-state index is 11.8. The van der Waals surface area contributed by atoms with E-state index in [1.54, 1.807) is 0 Å². The summed E-state index contributed by atoms with van der Waals surface area (Å²) in [6.07, 6.45) is 1.83. The summed E-state index contributed by atoms with van der Waals surface area (Å²) >= 11 is 0. The van der Waals surface area contributed by atoms with Crippen molar-refractivity contribution in [1.82, 2.24) is 15.6 Å². The predicted octanol–water partition coefficient (Wildman–Crippen LogP) is 1.78. The van der Waals surface area contributed by atoms with Crippen LogP contribution in [0, 0.1) is 6.92 Å². The first-order valence-corrected chi connectivity index (χ1v) is 6.25. The van der Waals surface area contributed by atoms with Crippen LogP contribution >= 0.6 is 0 Å². The molecule has 0 bridgehead atoms. The van der Waals surface area contributed by atoms with Crippen LogP contribution in [0.25, 0.3) is 0 Å². The van der Waals surface area contributed by atoms with Gasteiger partial charge in [-0.15, -0.1) is 0 Å². The van der Waals surface area contributed by atoms with Crippen LogP contribution in [-0.4, -0.2) is 22.5 Å². The number of aromatic nitrogens is 1. The van der Waals surface area contributed by atoms with E-state index in [-0.39, 0.29) is 17.5 Å². The highest BCUT2D eigenvalue weighted by Crippen LogP contribution is 2.01. The van der Waals surface area contributed by atoms with Crippen LogP contribution in [-0.2, 0) is 11.3 Å². The lowest BCUT2D eigenvalue weighted by atomic mass is 10.1. The monoisotopic (exact) mass is 249 g/mol. The minimum Gasteiger partial charge on any atom is -0.350 e. The third-order valence-electron chi connectivity index (χ3n) is 2.45. The number of pyridine rings is 1. The molecule has 100 valence electrons. The van der Waals surface area contributed by atoms with Gasteiger partial charge in [-0.05, 0) is 46.2 Å². The molecular formula is C14H23N3O. The van der Waals surface area contributed by atoms with E-state index >= 15 is 0 Å². The van der Waals surface area contributed by atoms with Crippen LogP contribution in [0.1, 0.15) is 39.0 Å². The van der Waals surface area contributed by atoms with Crippen LogP contribution in [0.3, 0.4) is 0 Å². The molecule has 0 saturated heterocycles. The van der Waals surface area contributed by atoms with Gasteiger partial charge in [0.25, 0.3) is 0 Å². The zero-order chi connectivity index (χ0) is 13.8. The zero-order valence-electron chi connectivity index (χ0n) is 11.9. The van der Waals surface area contributed by atoms with Gasteiger partial charge >= 0.3 is 0 Å². The van der Waals surface area contributed by atoms with Crippen molar-refractivity contribution < 1.29 is 4.79 Å². The lowest BCUT2D eigenvalue weighted by molar-refractivity contribution is -0.124. The second-order valence-corrected chi connectivity index (χ2v) is 5.67. The maximum absolute atomic E-state index is 11.8. The Morgan fingerprint density at radius 2 is 2.06 bits per heavy atom. The van der Waals surface area contributed by atoms with Gasteiger partial charge in [-0.1, -0.05) is 6.07 Å². The molecule has 4 nitrogen and oxygen atoms in total. The lowest BCUT2D eigenvalue weighted by Crippen LogP contribution is -2.49. The van der Waals surface area contributed by atoms with Crippen LogP contribution in [0.4, 0.5) is 0 Å². The van der Waals surface area contributed by atoms with E-state index in [9.17, 15) is 4.79 Å². The Kier molecular flexibility index (Phi) is 4.84. The first-order chi connectivity index (χ1) is 8.28. The molecule has 0 aliphatic heterocycles. The Bertz CT molecular complexity index is 392. The summed E-state index contributed by atoms with van der Waals surface area (Å²) in [7, 11) is 0. The molecule has 0 fully saturated rings. The van der Waals surface area contributed by atoms with Gasteiger partial charge < -0.3 is 10.6 Å². The number of hydrogen-bond acceptors (Lipinski definition) is 3. The molecule has 1 amide bonds. The number of hydrogen-bond donors (Lipinski definition) is 2. The Morgan fingerprint density at radius 1 is 1.39 bits per heavy atom. The molecule has 1 heterocycles. The molecular weight excluding hydrogens is 226 g/mol. The standard InChI is InChI=1S/C14H23N3O/c1-10-6-7-12(16-8-10)9-15-11(2)13(18)17-14(3,4)5/h6-8,11,15H,9H2,1-5H3,(H,17,18). The zero-order valence-corrected chi connectivity index (χ0v) is 11.9. The molecule has 1 aromatic rings. The molecule has 0 aliphatic carbocycles. The van der Waals surface area contributed by atoms with Crippen molar-refractivity contribution in [3.05, 3.63) is 29.6 Å². The van der Waals surface area contributed by atoms with E-state index in [1.807, 2.05) is 52.9 Å². The fraction of sp³-hybridized carbons (Fsp3) is 0.571. The van der Waals surface area contributed by atoms with E-state index in [2.05, 4.69) is 15.6 Å². The van der Waals surface area contributed by atoms with Crippen molar-refractivity contribution in [3.63, 3.8) is 0 Å². The maximum Gasteiger partial charge on any atom is 0.237 e. The van der Waals surface area contributed by atoms with Gasteiger partial charge in [-0.3, -0.25) is 9.78 Å². The molecule has 1 aromatic heterocycles. The topological polar surface area (TPSA) is 54.0 Å². The first kappa shape index (κ1) is 14.6. The van der Waals surface area contributed by atoms with Gasteiger partial charge in [0.1, 0.15) is 0 Å². The van der Waals surface area contributed by atoms with Crippen molar-refractivity contribution in [2.75, 3.05) is 0 Å². The van der Waals surface area contributed by atoms with Crippen molar-refractivity contribution in [2.45, 2.75) is 52.7 Å². The smallest absolute Gasteiger partial charge is 0.237 e. The van der Waals surface area contributed by atoms with Crippen molar-refractivity contribution >= 4 is 5.91 Å². The highest BCUT2D eigenvalue weighted by atomic mass is 16.2. The lowest BCUT2D eigenvalue weighted by Gasteiger charge is -2.23. The number of aryl methyl sites for hydroxylation is 1. The summed E-state index contributed by atoms with van der Waals surface area (Å²) in [5.74, 6) is 0.00890. The van der Waals surface area contributed by atoms with Crippen LogP contribution in [0.15, 0.2) is 18.3 Å². The molecule has 0 aromatic carbocycles. The molecule has 4 heteroatoms. The predicted molar refractivity (Wildman–Crippen MR) is 73.2 cm³/mol. The molecule has 2 N–H and O–H groups in total. The number of carbonyl (C=O) groups excluding carboxylic acids is 1. The fourth-order valence-electron chi connectivity index (χ4n) is 1.43. The highest BCUT2D eigenvalue weighted by molar-refractivity contribution is 5.81. The molecule has 1 atom stereocenters. The summed E-state index contributed by atoms with van der Waals surface area (Å²) in [5, 5.41) is 6.11. The minimum absolute atomic E-state index is 0.00890. The summed E-state index contributed by atoms with van der Waals surface area (Å²) in [4.78, 5) is 16.1. The number of rotatable bonds is 4. The Labute approximate surface area is 109 Å². The highest BCUT2D eigenvalue weighted by Gasteiger charge is 2.18. The SMILES string of the molecule is Cc1ccc(CNC(C)C(=O)NC(C)(C)C)nc1. The van der Waals surface area contributed by atoms with Gasteiger partial charge in [-0.25, -0.2) is 0 Å². The second kappa shape index (κ2) is 5.96. The Balaban J connectivity index is 2.43. The molecule has 0 spiro atoms. The fourth-order valence-corrected chi connectivity index (χ4v) is 1.43. The average molecular weight is 249 g/mol. The first-order valence-electron chi connectivity index (χ1n) is 6.25. The Hall–Kier alpha value is -1.42. The van der Waals surface area contributed by atoms with Crippen LogP contribution in [0.2, 0.25) is 0 Å². The van der Waals surface area contributed by atoms with Crippen molar-refractivity contribution in [2.24, 2.45) is 0 Å². The van der Waals surface area contributed by atoms with E-state index in [0.29, 0.717) is 6.54 Å². The van der Waals surface area contributed by atoms with Crippen molar-refractivity contribution in [1.29, 1.82) is 0 Å². The quantitative estimate of drug-likeness (QED) is 0.855. The van der Waals surface area contributed by atoms with Gasteiger partial charge in [0.2, 0.25) is 5.91 Å². The number of carbonyl (C=O) groups is 1. The summed E-state index contributed by atoms with van der Waals surface area (Å²) in [6.45, 7) is 10.4. The van der Waals surface area contributed by atoms with E-state index in [1.165, 1.54) is 0 Å². The number of nitrogens with zero attached hydrogens (tertiary/aromatic N) is 1. The molecule has 18 heavy (non-hydrogen) atoms. The van der Waals surface area contributed by atoms with Gasteiger partial charge in [0.15, 0.2) is 0 Å². The molecule has 0 aliphatic rings. The average Bonchev–Trinajstić information content (AvgIpc) is 2.25. The normalized spacial score (nSPS) is 13.2. The third kappa shape index (κ3) is 5.27. The number of amides is 1. The van der Waals surface area contributed by atoms with Gasteiger partial charge in [0.05, 0.1) is 11.7 Å². The van der Waals surface area contributed by atoms with Gasteiger partial charge in [0, 0.05) is 18.3 Å². The van der Waals surface area contributed by atoms with Crippen LogP contribution in [0.5, 0.6) is 0 Å². The summed E-state index contributed by atoms with van der Waals surface area (Å²) in [5.41, 5.74) is 1.88. The van der Waals surface area contributed by atoms with E-state index in [4.69, 9.17) is 0 Å². The molecule has 0 radical (unpaired) electrons. The Morgan fingerprint density at radius 3 is 2.56 bits per heavy atom. The second-order valence-electron chi connectivity index (χ2n) is 5.67. The number of nitrogens with one attached hydrogen (secondary N) is 2. The van der Waals surface area contributed by atoms with Crippen molar-refractivity contribution in [3.8, 4) is 0 Å². The van der Waals surface area contributed by atoms with E-state index in [0.717, 1.165) is 11.3 Å². The van der Waals surface area contributed by atoms with Gasteiger partial charge in [-0.2, -0.15) is 0 Å². The minimum atomic E-state index is -0.229. The van der Waals surface area contributed by atoms with E-state index < -0.39 is 0 Å². The summed E-state index contributed by atoms with van der Waals surface area (Å²) in [6, 6.07) is 3.76. The molecule has 1 rings (SSSR count). The third-order valence-corrected chi connectivity index (χ3v) is 2.45. The van der Waals surface area contributed by atoms with Crippen LogP contribution < -0.4 is 10.6 Å². The molecule has 1 unspecified atom stereocenters. The summed E-state index contributed by atoms with van der Waals surface area (Å²) < 4.78 is 0.